The number of carboxylic acids is 1. The summed E-state index contributed by atoms with van der Waals surface area (Å²) in [5.74, 6) is -1.51. The molecule has 0 bridgehead atoms. The molecule has 9 nitrogen and oxygen atoms in total. The van der Waals surface area contributed by atoms with Gasteiger partial charge in [-0.15, -0.1) is 0 Å². The van der Waals surface area contributed by atoms with Crippen molar-refractivity contribution in [1.29, 1.82) is 0 Å². The Hall–Kier alpha value is -4.24. The molecule has 1 aromatic heterocycles. The first kappa shape index (κ1) is 29.7. The summed E-state index contributed by atoms with van der Waals surface area (Å²) >= 11 is 6.24. The van der Waals surface area contributed by atoms with Gasteiger partial charge in [0.2, 0.25) is 11.8 Å². The van der Waals surface area contributed by atoms with Crippen molar-refractivity contribution < 1.29 is 29.1 Å². The summed E-state index contributed by atoms with van der Waals surface area (Å²) in [6.07, 6.45) is 3.18. The van der Waals surface area contributed by atoms with Gasteiger partial charge in [-0.2, -0.15) is 0 Å². The van der Waals surface area contributed by atoms with E-state index in [0.717, 1.165) is 5.56 Å². The third-order valence-corrected chi connectivity index (χ3v) is 7.37. The molecule has 10 heteroatoms. The van der Waals surface area contributed by atoms with E-state index in [1.165, 1.54) is 23.2 Å². The molecular weight excluding hydrogens is 546 g/mol. The highest BCUT2D eigenvalue weighted by Crippen LogP contribution is 2.30. The summed E-state index contributed by atoms with van der Waals surface area (Å²) in [7, 11) is 1.56. The van der Waals surface area contributed by atoms with E-state index in [0.29, 0.717) is 53.6 Å². The maximum atomic E-state index is 13.9. The fourth-order valence-electron chi connectivity index (χ4n) is 4.85. The van der Waals surface area contributed by atoms with E-state index in [9.17, 15) is 19.5 Å². The molecule has 0 radical (unpaired) electrons. The third kappa shape index (κ3) is 7.70. The van der Waals surface area contributed by atoms with Gasteiger partial charge in [0.05, 0.1) is 24.9 Å². The lowest BCUT2D eigenvalue weighted by Gasteiger charge is -2.25. The summed E-state index contributed by atoms with van der Waals surface area (Å²) < 4.78 is 5.49. The molecule has 0 aliphatic carbocycles. The SMILES string of the molecule is CC[C@@H](CC(=O)N1C/C(=N/Oc2ccccc2)CCC(Cc2cc(Cl)ccc2OC)C1=O)c1cc(C(=O)O)ccn1. The lowest BCUT2D eigenvalue weighted by Crippen LogP contribution is -2.42. The lowest BCUT2D eigenvalue weighted by atomic mass is 9.92. The van der Waals surface area contributed by atoms with Crippen molar-refractivity contribution in [2.45, 2.75) is 44.9 Å². The van der Waals surface area contributed by atoms with Gasteiger partial charge in [-0.25, -0.2) is 4.79 Å². The summed E-state index contributed by atoms with van der Waals surface area (Å²) in [5.41, 5.74) is 1.92. The van der Waals surface area contributed by atoms with Crippen LogP contribution in [0.2, 0.25) is 5.02 Å². The Morgan fingerprint density at radius 1 is 1.17 bits per heavy atom. The van der Waals surface area contributed by atoms with Gasteiger partial charge in [-0.05, 0) is 73.7 Å². The average Bonchev–Trinajstić information content (AvgIpc) is 3.14. The van der Waals surface area contributed by atoms with E-state index in [1.807, 2.05) is 25.1 Å². The van der Waals surface area contributed by atoms with Crippen molar-refractivity contribution >= 4 is 35.1 Å². The van der Waals surface area contributed by atoms with E-state index in [4.69, 9.17) is 21.2 Å². The molecule has 2 amide bonds. The molecule has 0 spiro atoms. The number of imide groups is 1. The van der Waals surface area contributed by atoms with Crippen LogP contribution >= 0.6 is 11.6 Å². The van der Waals surface area contributed by atoms with Gasteiger partial charge < -0.3 is 14.7 Å². The van der Waals surface area contributed by atoms with Crippen LogP contribution in [0.15, 0.2) is 72.0 Å². The summed E-state index contributed by atoms with van der Waals surface area (Å²) in [5, 5.41) is 14.2. The highest BCUT2D eigenvalue weighted by Gasteiger charge is 2.35. The molecule has 41 heavy (non-hydrogen) atoms. The fraction of sp³-hybridized carbons (Fsp3) is 0.323. The normalized spacial score (nSPS) is 17.1. The number of carbonyl (C=O) groups is 3. The molecule has 3 aromatic rings. The molecule has 2 atom stereocenters. The second-order valence-corrected chi connectivity index (χ2v) is 10.3. The average molecular weight is 578 g/mol. The number of likely N-dealkylation sites (tertiary alicyclic amines) is 1. The number of hydrogen-bond donors (Lipinski definition) is 1. The van der Waals surface area contributed by atoms with Gasteiger partial charge in [0.15, 0.2) is 5.75 Å². The van der Waals surface area contributed by atoms with Crippen LogP contribution < -0.4 is 9.57 Å². The third-order valence-electron chi connectivity index (χ3n) is 7.13. The zero-order valence-electron chi connectivity index (χ0n) is 23.0. The number of oxime groups is 1. The Labute approximate surface area is 243 Å². The number of methoxy groups -OCH3 is 1. The van der Waals surface area contributed by atoms with E-state index in [1.54, 1.807) is 37.4 Å². The van der Waals surface area contributed by atoms with Crippen molar-refractivity contribution in [1.82, 2.24) is 9.88 Å². The van der Waals surface area contributed by atoms with Crippen LogP contribution in [-0.2, 0) is 16.0 Å². The predicted molar refractivity (Wildman–Crippen MR) is 155 cm³/mol. The van der Waals surface area contributed by atoms with E-state index < -0.39 is 11.9 Å². The quantitative estimate of drug-likeness (QED) is 0.304. The Kier molecular flexibility index (Phi) is 10.1. The van der Waals surface area contributed by atoms with Crippen LogP contribution in [0.1, 0.15) is 60.1 Å². The van der Waals surface area contributed by atoms with Crippen LogP contribution in [0, 0.1) is 5.92 Å². The maximum absolute atomic E-state index is 13.9. The number of carboxylic acid groups (broad SMARTS) is 1. The van der Waals surface area contributed by atoms with Gasteiger partial charge >= 0.3 is 5.97 Å². The molecule has 1 unspecified atom stereocenters. The molecule has 214 valence electrons. The zero-order valence-corrected chi connectivity index (χ0v) is 23.7. The van der Waals surface area contributed by atoms with E-state index in [2.05, 4.69) is 10.1 Å². The van der Waals surface area contributed by atoms with Crippen molar-refractivity contribution in [3.63, 3.8) is 0 Å². The fourth-order valence-corrected chi connectivity index (χ4v) is 5.05. The molecule has 0 saturated carbocycles. The molecule has 1 fully saturated rings. The number of ether oxygens (including phenoxy) is 1. The molecule has 1 saturated heterocycles. The number of amides is 2. The number of carbonyl (C=O) groups excluding carboxylic acids is 2. The largest absolute Gasteiger partial charge is 0.496 e. The Morgan fingerprint density at radius 3 is 2.66 bits per heavy atom. The first-order valence-electron chi connectivity index (χ1n) is 13.4. The smallest absolute Gasteiger partial charge is 0.335 e. The number of aromatic carboxylic acids is 1. The van der Waals surface area contributed by atoms with Crippen molar-refractivity contribution in [3.05, 3.63) is 88.7 Å². The van der Waals surface area contributed by atoms with Gasteiger partial charge in [0.25, 0.3) is 0 Å². The van der Waals surface area contributed by atoms with Crippen LogP contribution in [0.25, 0.3) is 0 Å². The molecule has 1 aliphatic rings. The Morgan fingerprint density at radius 2 is 1.95 bits per heavy atom. The number of pyridine rings is 1. The molecule has 1 N–H and O–H groups in total. The first-order chi connectivity index (χ1) is 19.8. The highest BCUT2D eigenvalue weighted by molar-refractivity contribution is 6.30. The maximum Gasteiger partial charge on any atom is 0.335 e. The molecule has 2 aromatic carbocycles. The van der Waals surface area contributed by atoms with Crippen molar-refractivity contribution in [2.24, 2.45) is 11.1 Å². The topological polar surface area (TPSA) is 118 Å². The minimum absolute atomic E-state index is 0.00723. The van der Waals surface area contributed by atoms with Gasteiger partial charge in [-0.3, -0.25) is 19.5 Å². The lowest BCUT2D eigenvalue weighted by molar-refractivity contribution is -0.146. The number of benzene rings is 2. The number of aromatic nitrogens is 1. The second kappa shape index (κ2) is 13.9. The van der Waals surface area contributed by atoms with Gasteiger partial charge in [0, 0.05) is 35.2 Å². The Balaban J connectivity index is 1.61. The minimum Gasteiger partial charge on any atom is -0.496 e. The molecule has 4 rings (SSSR count). The molecule has 2 heterocycles. The zero-order chi connectivity index (χ0) is 29.4. The summed E-state index contributed by atoms with van der Waals surface area (Å²) in [6, 6.07) is 17.2. The first-order valence-corrected chi connectivity index (χ1v) is 13.8. The summed E-state index contributed by atoms with van der Waals surface area (Å²) in [4.78, 5) is 50.3. The standard InChI is InChI=1S/C31H32ClN3O6/c1-3-20(27-17-22(31(38)39)13-14-33-27)18-29(36)35-19-25(34-41-26-7-5-4-6-8-26)11-9-21(30(35)37)15-23-16-24(32)10-12-28(23)40-2/h4-8,10,12-14,16-17,20-21H,3,9,11,15,18-19H2,1-2H3,(H,38,39)/b34-25+/t20-,21?/m0/s1. The Bertz CT molecular complexity index is 1430. The van der Waals surface area contributed by atoms with Crippen LogP contribution in [0.3, 0.4) is 0 Å². The highest BCUT2D eigenvalue weighted by atomic mass is 35.5. The van der Waals surface area contributed by atoms with Crippen LogP contribution in [0.4, 0.5) is 0 Å². The number of halogens is 1. The number of rotatable bonds is 10. The number of para-hydroxylation sites is 1. The molecular formula is C31H32ClN3O6. The van der Waals surface area contributed by atoms with Crippen molar-refractivity contribution in [2.75, 3.05) is 13.7 Å². The van der Waals surface area contributed by atoms with Crippen LogP contribution in [0.5, 0.6) is 11.5 Å². The van der Waals surface area contributed by atoms with Gasteiger partial charge in [-0.1, -0.05) is 41.9 Å². The second-order valence-electron chi connectivity index (χ2n) is 9.86. The minimum atomic E-state index is -1.07. The predicted octanol–water partition coefficient (Wildman–Crippen LogP) is 5.77. The monoisotopic (exact) mass is 577 g/mol. The van der Waals surface area contributed by atoms with Crippen LogP contribution in [-0.4, -0.2) is 52.1 Å². The molecule has 1 aliphatic heterocycles. The van der Waals surface area contributed by atoms with E-state index in [-0.39, 0.29) is 36.3 Å². The summed E-state index contributed by atoms with van der Waals surface area (Å²) in [6.45, 7) is 1.89. The number of hydrogen-bond acceptors (Lipinski definition) is 7. The van der Waals surface area contributed by atoms with Crippen molar-refractivity contribution in [3.8, 4) is 11.5 Å². The number of nitrogens with zero attached hydrogens (tertiary/aromatic N) is 3. The van der Waals surface area contributed by atoms with Gasteiger partial charge in [0.1, 0.15) is 5.75 Å². The van der Waals surface area contributed by atoms with E-state index >= 15 is 0 Å².